The van der Waals surface area contributed by atoms with Crippen LogP contribution in [0, 0.1) is 0 Å². The van der Waals surface area contributed by atoms with E-state index in [0.717, 1.165) is 12.8 Å². The van der Waals surface area contributed by atoms with Gasteiger partial charge in [0, 0.05) is 17.6 Å². The van der Waals surface area contributed by atoms with Crippen molar-refractivity contribution >= 4 is 15.9 Å². The van der Waals surface area contributed by atoms with E-state index in [0.29, 0.717) is 18.4 Å². The molecule has 6 nitrogen and oxygen atoms in total. The number of rotatable bonds is 5. The number of amides is 1. The number of benzene rings is 1. The third kappa shape index (κ3) is 5.02. The van der Waals surface area contributed by atoms with Gasteiger partial charge in [0.15, 0.2) is 0 Å². The van der Waals surface area contributed by atoms with Crippen LogP contribution >= 0.6 is 0 Å². The Bertz CT molecular complexity index is 633. The van der Waals surface area contributed by atoms with Gasteiger partial charge < -0.3 is 10.4 Å². The van der Waals surface area contributed by atoms with Crippen molar-refractivity contribution in [2.45, 2.75) is 62.6 Å². The number of carbonyl (C=O) groups excluding carboxylic acids is 1. The molecule has 2 rings (SSSR count). The summed E-state index contributed by atoms with van der Waals surface area (Å²) < 4.78 is 26.6. The maximum Gasteiger partial charge on any atom is 0.251 e. The Morgan fingerprint density at radius 2 is 1.70 bits per heavy atom. The van der Waals surface area contributed by atoms with E-state index in [9.17, 15) is 18.3 Å². The lowest BCUT2D eigenvalue weighted by Crippen LogP contribution is -2.38. The van der Waals surface area contributed by atoms with E-state index >= 15 is 0 Å². The highest BCUT2D eigenvalue weighted by atomic mass is 32.2. The Balaban J connectivity index is 2.00. The molecule has 128 valence electrons. The maximum atomic E-state index is 12.2. The van der Waals surface area contributed by atoms with Crippen LogP contribution in [0.2, 0.25) is 0 Å². The average molecular weight is 340 g/mol. The number of carbonyl (C=O) groups is 1. The summed E-state index contributed by atoms with van der Waals surface area (Å²) in [5.41, 5.74) is 0.430. The van der Waals surface area contributed by atoms with Gasteiger partial charge in [0.2, 0.25) is 10.0 Å². The zero-order valence-electron chi connectivity index (χ0n) is 13.5. The van der Waals surface area contributed by atoms with Crippen LogP contribution in [-0.2, 0) is 10.0 Å². The fourth-order valence-electron chi connectivity index (χ4n) is 2.65. The molecular formula is C16H24N2O4S. The second kappa shape index (κ2) is 7.42. The zero-order valence-corrected chi connectivity index (χ0v) is 14.3. The molecule has 0 aliphatic heterocycles. The van der Waals surface area contributed by atoms with E-state index in [1.807, 2.05) is 0 Å². The first-order valence-corrected chi connectivity index (χ1v) is 9.37. The van der Waals surface area contributed by atoms with Gasteiger partial charge in [-0.25, -0.2) is 13.1 Å². The fourth-order valence-corrected chi connectivity index (χ4v) is 3.90. The Hall–Kier alpha value is -1.44. The van der Waals surface area contributed by atoms with Crippen molar-refractivity contribution in [2.24, 2.45) is 0 Å². The molecule has 3 N–H and O–H groups in total. The van der Waals surface area contributed by atoms with Crippen molar-refractivity contribution in [3.8, 4) is 0 Å². The summed E-state index contributed by atoms with van der Waals surface area (Å²) in [5, 5.41) is 12.4. The summed E-state index contributed by atoms with van der Waals surface area (Å²) in [6.45, 7) is 3.50. The molecular weight excluding hydrogens is 316 g/mol. The summed E-state index contributed by atoms with van der Waals surface area (Å²) in [7, 11) is -3.54. The second-order valence-electron chi connectivity index (χ2n) is 6.28. The Morgan fingerprint density at radius 1 is 1.13 bits per heavy atom. The summed E-state index contributed by atoms with van der Waals surface area (Å²) >= 11 is 0. The number of nitrogens with one attached hydrogen (secondary N) is 2. The summed E-state index contributed by atoms with van der Waals surface area (Å²) in [6, 6.07) is 5.78. The first-order valence-electron chi connectivity index (χ1n) is 7.89. The first kappa shape index (κ1) is 17.9. The van der Waals surface area contributed by atoms with Crippen LogP contribution in [0.5, 0.6) is 0 Å². The molecule has 1 aromatic rings. The van der Waals surface area contributed by atoms with Gasteiger partial charge in [0.1, 0.15) is 0 Å². The van der Waals surface area contributed by atoms with E-state index in [2.05, 4.69) is 10.0 Å². The Morgan fingerprint density at radius 3 is 2.22 bits per heavy atom. The summed E-state index contributed by atoms with van der Waals surface area (Å²) in [5.74, 6) is -0.216. The van der Waals surface area contributed by atoms with E-state index in [1.54, 1.807) is 13.8 Å². The highest BCUT2D eigenvalue weighted by molar-refractivity contribution is 7.89. The number of aliphatic hydroxyl groups is 1. The molecule has 1 fully saturated rings. The minimum Gasteiger partial charge on any atom is -0.393 e. The molecule has 23 heavy (non-hydrogen) atoms. The van der Waals surface area contributed by atoms with Crippen LogP contribution in [0.25, 0.3) is 0 Å². The minimum atomic E-state index is -3.54. The van der Waals surface area contributed by atoms with Gasteiger partial charge in [0.05, 0.1) is 11.0 Å². The minimum absolute atomic E-state index is 0.0666. The highest BCUT2D eigenvalue weighted by Gasteiger charge is 2.21. The number of hydrogen-bond donors (Lipinski definition) is 3. The molecule has 1 amide bonds. The zero-order chi connectivity index (χ0) is 17.0. The fraction of sp³-hybridized carbons (Fsp3) is 0.562. The van der Waals surface area contributed by atoms with Crippen LogP contribution in [0.3, 0.4) is 0 Å². The molecule has 0 heterocycles. The molecule has 0 unspecified atom stereocenters. The third-order valence-corrected chi connectivity index (χ3v) is 5.52. The summed E-state index contributed by atoms with van der Waals surface area (Å²) in [6.07, 6.45) is 2.66. The van der Waals surface area contributed by atoms with Crippen molar-refractivity contribution in [3.05, 3.63) is 29.8 Å². The first-order chi connectivity index (χ1) is 10.8. The molecule has 0 radical (unpaired) electrons. The molecule has 0 atom stereocenters. The van der Waals surface area contributed by atoms with E-state index < -0.39 is 10.0 Å². The van der Waals surface area contributed by atoms with Crippen LogP contribution in [0.15, 0.2) is 29.2 Å². The molecule has 1 aliphatic carbocycles. The molecule has 1 aliphatic rings. The molecule has 0 aromatic heterocycles. The van der Waals surface area contributed by atoms with Crippen molar-refractivity contribution in [3.63, 3.8) is 0 Å². The Kier molecular flexibility index (Phi) is 5.78. The molecule has 1 saturated carbocycles. The quantitative estimate of drug-likeness (QED) is 0.755. The monoisotopic (exact) mass is 340 g/mol. The average Bonchev–Trinajstić information content (AvgIpc) is 2.48. The van der Waals surface area contributed by atoms with Crippen molar-refractivity contribution < 1.29 is 18.3 Å². The number of aliphatic hydroxyl groups excluding tert-OH is 1. The normalized spacial score (nSPS) is 22.1. The molecule has 0 spiro atoms. The lowest BCUT2D eigenvalue weighted by molar-refractivity contribution is 0.0867. The van der Waals surface area contributed by atoms with Crippen LogP contribution in [0.4, 0.5) is 0 Å². The van der Waals surface area contributed by atoms with Gasteiger partial charge in [0.25, 0.3) is 5.91 Å². The van der Waals surface area contributed by atoms with Crippen LogP contribution in [-0.4, -0.2) is 37.6 Å². The topological polar surface area (TPSA) is 95.5 Å². The Labute approximate surface area is 137 Å². The molecule has 0 bridgehead atoms. The maximum absolute atomic E-state index is 12.2. The van der Waals surface area contributed by atoms with Crippen LogP contribution < -0.4 is 10.0 Å². The number of sulfonamides is 1. The third-order valence-electron chi connectivity index (χ3n) is 3.85. The van der Waals surface area contributed by atoms with Gasteiger partial charge in [-0.3, -0.25) is 4.79 Å². The van der Waals surface area contributed by atoms with Crippen LogP contribution in [0.1, 0.15) is 49.9 Å². The van der Waals surface area contributed by atoms with Gasteiger partial charge in [-0.2, -0.15) is 0 Å². The SMILES string of the molecule is CC(C)NS(=O)(=O)c1ccc(C(=O)NC2CCC(O)CC2)cc1. The van der Waals surface area contributed by atoms with E-state index in [1.165, 1.54) is 24.3 Å². The highest BCUT2D eigenvalue weighted by Crippen LogP contribution is 2.19. The molecule has 7 heteroatoms. The largest absolute Gasteiger partial charge is 0.393 e. The van der Waals surface area contributed by atoms with E-state index in [4.69, 9.17) is 0 Å². The standard InChI is InChI=1S/C16H24N2O4S/c1-11(2)18-23(21,22)15-9-3-12(4-10-15)16(20)17-13-5-7-14(19)8-6-13/h3-4,9-11,13-14,18-19H,5-8H2,1-2H3,(H,17,20). The van der Waals surface area contributed by atoms with Gasteiger partial charge >= 0.3 is 0 Å². The van der Waals surface area contributed by atoms with Crippen molar-refractivity contribution in [1.29, 1.82) is 0 Å². The smallest absolute Gasteiger partial charge is 0.251 e. The molecule has 0 saturated heterocycles. The second-order valence-corrected chi connectivity index (χ2v) is 7.99. The predicted molar refractivity (Wildman–Crippen MR) is 87.6 cm³/mol. The summed E-state index contributed by atoms with van der Waals surface area (Å²) in [4.78, 5) is 12.3. The van der Waals surface area contributed by atoms with Gasteiger partial charge in [-0.05, 0) is 63.8 Å². The number of hydrogen-bond acceptors (Lipinski definition) is 4. The van der Waals surface area contributed by atoms with E-state index in [-0.39, 0.29) is 29.0 Å². The van der Waals surface area contributed by atoms with Gasteiger partial charge in [-0.15, -0.1) is 0 Å². The molecule has 1 aromatic carbocycles. The van der Waals surface area contributed by atoms with Crippen molar-refractivity contribution in [1.82, 2.24) is 10.0 Å². The van der Waals surface area contributed by atoms with Gasteiger partial charge in [-0.1, -0.05) is 0 Å². The lowest BCUT2D eigenvalue weighted by Gasteiger charge is -2.26. The lowest BCUT2D eigenvalue weighted by atomic mass is 9.93. The predicted octanol–water partition coefficient (Wildman–Crippen LogP) is 1.41. The van der Waals surface area contributed by atoms with Crippen molar-refractivity contribution in [2.75, 3.05) is 0 Å².